The monoisotopic (exact) mass is 687 g/mol. The number of allylic oxidation sites excluding steroid dienone is 1. The number of piperazine rings is 1. The van der Waals surface area contributed by atoms with Crippen LogP contribution in [-0.2, 0) is 24.5 Å². The second-order valence-corrected chi connectivity index (χ2v) is 14.5. The van der Waals surface area contributed by atoms with E-state index in [4.69, 9.17) is 4.55 Å². The maximum absolute atomic E-state index is 13.6. The molecule has 12 nitrogen and oxygen atoms in total. The van der Waals surface area contributed by atoms with Gasteiger partial charge in [0.05, 0.1) is 23.3 Å². The highest BCUT2D eigenvalue weighted by atomic mass is 32.2. The highest BCUT2D eigenvalue weighted by Crippen LogP contribution is 2.26. The number of likely N-dealkylation sites (N-methyl/N-ethyl adjacent to an activating group) is 1. The van der Waals surface area contributed by atoms with Crippen molar-refractivity contribution in [3.05, 3.63) is 71.8 Å². The van der Waals surface area contributed by atoms with Crippen LogP contribution in [0.1, 0.15) is 51.7 Å². The molecule has 2 atom stereocenters. The summed E-state index contributed by atoms with van der Waals surface area (Å²) < 4.78 is 29.6. The van der Waals surface area contributed by atoms with Crippen molar-refractivity contribution >= 4 is 33.9 Å². The van der Waals surface area contributed by atoms with Crippen molar-refractivity contribution < 1.29 is 32.6 Å². The van der Waals surface area contributed by atoms with Crippen LogP contribution < -0.4 is 10.9 Å². The van der Waals surface area contributed by atoms with Crippen LogP contribution in [0, 0.1) is 30.6 Å². The molecular weight excluding hydrogens is 634 g/mol. The molecule has 0 spiro atoms. The molecule has 4 N–H and O–H groups in total. The van der Waals surface area contributed by atoms with Crippen molar-refractivity contribution in [3.63, 3.8) is 0 Å². The van der Waals surface area contributed by atoms with E-state index in [-0.39, 0.29) is 41.5 Å². The highest BCUT2D eigenvalue weighted by molar-refractivity contribution is 7.85. The minimum Gasteiger partial charge on any atom is -0.304 e. The van der Waals surface area contributed by atoms with Crippen molar-refractivity contribution in [2.75, 3.05) is 46.3 Å². The van der Waals surface area contributed by atoms with Gasteiger partial charge in [0, 0.05) is 32.7 Å². The first-order valence-electron chi connectivity index (χ1n) is 16.3. The summed E-state index contributed by atoms with van der Waals surface area (Å²) in [6.45, 7) is 13.8. The molecule has 1 heterocycles. The first kappa shape index (κ1) is 40.6. The Labute approximate surface area is 285 Å². The number of carbonyl (C=O) groups excluding carboxylic acids is 3. The van der Waals surface area contributed by atoms with Crippen LogP contribution in [0.3, 0.4) is 0 Å². The number of amides is 3. The lowest BCUT2D eigenvalue weighted by molar-refractivity contribution is -0.148. The lowest BCUT2D eigenvalue weighted by Gasteiger charge is -2.34. The second-order valence-electron chi connectivity index (χ2n) is 13.1. The average Bonchev–Trinajstić information content (AvgIpc) is 3.03. The summed E-state index contributed by atoms with van der Waals surface area (Å²) in [6, 6.07) is 15.7. The molecule has 1 aliphatic heterocycles. The van der Waals surface area contributed by atoms with E-state index in [9.17, 15) is 28.0 Å². The van der Waals surface area contributed by atoms with Crippen molar-refractivity contribution in [3.8, 4) is 0 Å². The van der Waals surface area contributed by atoms with Gasteiger partial charge >= 0.3 is 0 Å². The molecule has 1 fully saturated rings. The Morgan fingerprint density at radius 2 is 1.50 bits per heavy atom. The maximum Gasteiger partial charge on any atom is 0.294 e. The lowest BCUT2D eigenvalue weighted by atomic mass is 9.82. The van der Waals surface area contributed by atoms with Gasteiger partial charge in [-0.05, 0) is 56.3 Å². The SMILES string of the molecule is CC(C)C[C@@H](C(=O)NN(CC(C)C)C(=O)CN1CCN(C)CC1)[C@H](CC=Cc1ccccc1)C(=O)NO.Cc1ccc(S(=O)(=O)O)cc1. The van der Waals surface area contributed by atoms with Gasteiger partial charge in [-0.25, -0.2) is 5.48 Å². The molecule has 0 unspecified atom stereocenters. The number of aryl methyl sites for hydroxylation is 1. The summed E-state index contributed by atoms with van der Waals surface area (Å²) in [6.07, 6.45) is 4.45. The number of hydrogen-bond acceptors (Lipinski definition) is 8. The van der Waals surface area contributed by atoms with E-state index in [2.05, 4.69) is 22.3 Å². The van der Waals surface area contributed by atoms with E-state index in [0.717, 1.165) is 37.3 Å². The predicted molar refractivity (Wildman–Crippen MR) is 186 cm³/mol. The Hall–Kier alpha value is -3.62. The highest BCUT2D eigenvalue weighted by Gasteiger charge is 2.35. The van der Waals surface area contributed by atoms with Gasteiger partial charge < -0.3 is 4.90 Å². The van der Waals surface area contributed by atoms with E-state index in [1.165, 1.54) is 17.1 Å². The number of benzene rings is 2. The molecule has 0 aromatic heterocycles. The second kappa shape index (κ2) is 20.0. The first-order chi connectivity index (χ1) is 22.6. The largest absolute Gasteiger partial charge is 0.304 e. The van der Waals surface area contributed by atoms with Gasteiger partial charge in [0.2, 0.25) is 11.8 Å². The van der Waals surface area contributed by atoms with Crippen LogP contribution in [0.2, 0.25) is 0 Å². The van der Waals surface area contributed by atoms with Crippen LogP contribution in [0.25, 0.3) is 6.08 Å². The summed E-state index contributed by atoms with van der Waals surface area (Å²) in [5, 5.41) is 10.9. The molecule has 2 aromatic rings. The third-order valence-corrected chi connectivity index (χ3v) is 8.73. The van der Waals surface area contributed by atoms with Crippen LogP contribution in [-0.4, -0.2) is 97.0 Å². The molecule has 0 bridgehead atoms. The molecule has 3 rings (SSSR count). The molecule has 48 heavy (non-hydrogen) atoms. The smallest absolute Gasteiger partial charge is 0.294 e. The summed E-state index contributed by atoms with van der Waals surface area (Å²) in [7, 11) is -1.96. The standard InChI is InChI=1S/C28H45N5O4.C7H8O3S/c1-21(2)18-25(24(28(36)30-37)13-9-12-23-10-7-6-8-11-23)27(35)29-33(19-22(3)4)26(34)20-32-16-14-31(5)15-17-32;1-6-2-4-7(5-3-6)11(8,9)10/h6-12,21-22,24-25,37H,13-20H2,1-5H3,(H,29,35)(H,30,36);2-5H,1H3,(H,8,9,10)/t24-,25+;/m0./s1. The Balaban J connectivity index is 0.000000613. The van der Waals surface area contributed by atoms with E-state index in [0.29, 0.717) is 13.0 Å². The Morgan fingerprint density at radius 3 is 2.02 bits per heavy atom. The van der Waals surface area contributed by atoms with Gasteiger partial charge in [-0.3, -0.25) is 39.5 Å². The zero-order valence-corrected chi connectivity index (χ0v) is 29.8. The number of rotatable bonds is 13. The maximum atomic E-state index is 13.6. The van der Waals surface area contributed by atoms with Crippen LogP contribution >= 0.6 is 0 Å². The van der Waals surface area contributed by atoms with Crippen LogP contribution in [0.5, 0.6) is 0 Å². The minimum absolute atomic E-state index is 0.0666. The molecule has 266 valence electrons. The van der Waals surface area contributed by atoms with E-state index < -0.39 is 27.9 Å². The van der Waals surface area contributed by atoms with E-state index >= 15 is 0 Å². The molecule has 0 radical (unpaired) electrons. The third kappa shape index (κ3) is 14.7. The van der Waals surface area contributed by atoms with Crippen LogP contribution in [0.15, 0.2) is 65.6 Å². The normalized spacial score (nSPS) is 15.5. The molecular formula is C35H53N5O7S. The molecule has 0 aliphatic carbocycles. The number of hydrazine groups is 1. The fourth-order valence-corrected chi connectivity index (χ4v) is 5.68. The van der Waals surface area contributed by atoms with E-state index in [1.807, 2.05) is 77.1 Å². The lowest BCUT2D eigenvalue weighted by Crippen LogP contribution is -2.55. The fraction of sp³-hybridized carbons (Fsp3) is 0.514. The third-order valence-electron chi connectivity index (χ3n) is 7.86. The molecule has 1 aliphatic rings. The Bertz CT molecular complexity index is 1420. The van der Waals surface area contributed by atoms with Crippen molar-refractivity contribution in [2.45, 2.75) is 52.4 Å². The Kier molecular flexibility index (Phi) is 16.9. The predicted octanol–water partition coefficient (Wildman–Crippen LogP) is 3.88. The molecule has 3 amide bonds. The van der Waals surface area contributed by atoms with Gasteiger partial charge in [0.15, 0.2) is 0 Å². The number of hydroxylamine groups is 1. The topological polar surface area (TPSA) is 160 Å². The molecule has 0 saturated carbocycles. The molecule has 2 aromatic carbocycles. The summed E-state index contributed by atoms with van der Waals surface area (Å²) in [5.74, 6) is -2.41. The first-order valence-corrected chi connectivity index (χ1v) is 17.8. The van der Waals surface area contributed by atoms with Crippen molar-refractivity contribution in [1.82, 2.24) is 25.7 Å². The number of nitrogens with zero attached hydrogens (tertiary/aromatic N) is 3. The van der Waals surface area contributed by atoms with E-state index in [1.54, 1.807) is 17.6 Å². The zero-order chi connectivity index (χ0) is 35.9. The summed E-state index contributed by atoms with van der Waals surface area (Å²) in [4.78, 5) is 43.8. The Morgan fingerprint density at radius 1 is 0.896 bits per heavy atom. The van der Waals surface area contributed by atoms with Crippen molar-refractivity contribution in [1.29, 1.82) is 0 Å². The molecule has 13 heteroatoms. The van der Waals surface area contributed by atoms with Gasteiger partial charge in [-0.1, -0.05) is 87.9 Å². The van der Waals surface area contributed by atoms with Crippen molar-refractivity contribution in [2.24, 2.45) is 23.7 Å². The van der Waals surface area contributed by atoms with Crippen LogP contribution in [0.4, 0.5) is 0 Å². The van der Waals surface area contributed by atoms with Gasteiger partial charge in [0.1, 0.15) is 0 Å². The minimum atomic E-state index is -4.02. The van der Waals surface area contributed by atoms with Gasteiger partial charge in [-0.2, -0.15) is 8.42 Å². The van der Waals surface area contributed by atoms with Gasteiger partial charge in [-0.15, -0.1) is 0 Å². The van der Waals surface area contributed by atoms with Gasteiger partial charge in [0.25, 0.3) is 16.0 Å². The quantitative estimate of drug-likeness (QED) is 0.139. The zero-order valence-electron chi connectivity index (χ0n) is 29.0. The summed E-state index contributed by atoms with van der Waals surface area (Å²) >= 11 is 0. The molecule has 1 saturated heterocycles. The number of carbonyl (C=O) groups is 3. The number of nitrogens with one attached hydrogen (secondary N) is 2. The average molecular weight is 688 g/mol. The summed E-state index contributed by atoms with van der Waals surface area (Å²) in [5.41, 5.74) is 6.52. The fourth-order valence-electron chi connectivity index (χ4n) is 5.20. The number of hydrogen-bond donors (Lipinski definition) is 4.